The van der Waals surface area contributed by atoms with Crippen molar-refractivity contribution in [1.82, 2.24) is 20.5 Å². The summed E-state index contributed by atoms with van der Waals surface area (Å²) < 4.78 is 0. The molecule has 0 unspecified atom stereocenters. The minimum absolute atomic E-state index is 0.0792. The Morgan fingerprint density at radius 3 is 3.04 bits per heavy atom. The SMILES string of the molecule is O=C(Cc1c[nH]c2ccccc12)NCC1CN(c2cc3c(nn2)CCC3)C1. The van der Waals surface area contributed by atoms with E-state index in [0.717, 1.165) is 54.8 Å². The van der Waals surface area contributed by atoms with E-state index in [0.29, 0.717) is 12.3 Å². The second-order valence-electron chi connectivity index (χ2n) is 7.64. The number of nitrogens with one attached hydrogen (secondary N) is 2. The molecule has 0 saturated carbocycles. The van der Waals surface area contributed by atoms with Gasteiger partial charge in [-0.1, -0.05) is 18.2 Å². The third kappa shape index (κ3) is 3.16. The third-order valence-corrected chi connectivity index (χ3v) is 5.70. The van der Waals surface area contributed by atoms with Crippen molar-refractivity contribution in [2.75, 3.05) is 24.5 Å². The van der Waals surface area contributed by atoms with Crippen molar-refractivity contribution < 1.29 is 4.79 Å². The summed E-state index contributed by atoms with van der Waals surface area (Å²) >= 11 is 0. The lowest BCUT2D eigenvalue weighted by molar-refractivity contribution is -0.120. The molecule has 3 heterocycles. The Morgan fingerprint density at radius 1 is 1.22 bits per heavy atom. The van der Waals surface area contributed by atoms with Crippen LogP contribution in [0.4, 0.5) is 5.82 Å². The van der Waals surface area contributed by atoms with Gasteiger partial charge in [0.2, 0.25) is 5.91 Å². The molecule has 1 amide bonds. The minimum Gasteiger partial charge on any atom is -0.361 e. The van der Waals surface area contributed by atoms with Crippen molar-refractivity contribution in [3.05, 3.63) is 53.3 Å². The summed E-state index contributed by atoms with van der Waals surface area (Å²) in [6.07, 6.45) is 5.73. The van der Waals surface area contributed by atoms with Crippen LogP contribution in [-0.4, -0.2) is 40.7 Å². The van der Waals surface area contributed by atoms with E-state index in [1.54, 1.807) is 0 Å². The van der Waals surface area contributed by atoms with E-state index < -0.39 is 0 Å². The third-order valence-electron chi connectivity index (χ3n) is 5.70. The standard InChI is InChI=1S/C21H23N5O/c27-21(9-16-11-22-19-6-2-1-5-17(16)19)23-10-14-12-26(13-14)20-8-15-4-3-7-18(15)24-25-20/h1-2,5-6,8,11,14,22H,3-4,7,9-10,12-13H2,(H,23,27). The van der Waals surface area contributed by atoms with E-state index in [-0.39, 0.29) is 5.91 Å². The average Bonchev–Trinajstić information content (AvgIpc) is 3.27. The van der Waals surface area contributed by atoms with Crippen LogP contribution in [0, 0.1) is 5.92 Å². The van der Waals surface area contributed by atoms with Gasteiger partial charge in [-0.05, 0) is 42.5 Å². The fourth-order valence-electron chi connectivity index (χ4n) is 4.13. The number of hydrogen-bond acceptors (Lipinski definition) is 4. The van der Waals surface area contributed by atoms with Gasteiger partial charge in [0.05, 0.1) is 12.1 Å². The van der Waals surface area contributed by atoms with Crippen LogP contribution in [0.1, 0.15) is 23.2 Å². The first-order valence-corrected chi connectivity index (χ1v) is 9.68. The summed E-state index contributed by atoms with van der Waals surface area (Å²) in [6.45, 7) is 2.58. The Morgan fingerprint density at radius 2 is 2.11 bits per heavy atom. The van der Waals surface area contributed by atoms with Gasteiger partial charge in [-0.3, -0.25) is 4.79 Å². The number of anilines is 1. The summed E-state index contributed by atoms with van der Waals surface area (Å²) in [7, 11) is 0. The maximum Gasteiger partial charge on any atom is 0.224 e. The topological polar surface area (TPSA) is 73.9 Å². The second kappa shape index (κ2) is 6.68. The summed E-state index contributed by atoms with van der Waals surface area (Å²) in [5.74, 6) is 1.54. The molecule has 2 N–H and O–H groups in total. The van der Waals surface area contributed by atoms with Crippen LogP contribution >= 0.6 is 0 Å². The molecule has 6 heteroatoms. The Hall–Kier alpha value is -2.89. The number of aromatic amines is 1. The van der Waals surface area contributed by atoms with Gasteiger partial charge < -0.3 is 15.2 Å². The molecular weight excluding hydrogens is 338 g/mol. The van der Waals surface area contributed by atoms with Gasteiger partial charge in [-0.15, -0.1) is 5.10 Å². The largest absolute Gasteiger partial charge is 0.361 e. The van der Waals surface area contributed by atoms with Crippen LogP contribution in [-0.2, 0) is 24.1 Å². The predicted molar refractivity (Wildman–Crippen MR) is 105 cm³/mol. The van der Waals surface area contributed by atoms with Crippen LogP contribution in [0.15, 0.2) is 36.5 Å². The zero-order valence-corrected chi connectivity index (χ0v) is 15.2. The van der Waals surface area contributed by atoms with Crippen LogP contribution in [0.2, 0.25) is 0 Å². The van der Waals surface area contributed by atoms with E-state index in [4.69, 9.17) is 0 Å². The number of aromatic nitrogens is 3. The lowest BCUT2D eigenvalue weighted by atomic mass is 10.00. The second-order valence-corrected chi connectivity index (χ2v) is 7.64. The van der Waals surface area contributed by atoms with E-state index >= 15 is 0 Å². The highest BCUT2D eigenvalue weighted by Crippen LogP contribution is 2.27. The number of hydrogen-bond donors (Lipinski definition) is 2. The van der Waals surface area contributed by atoms with Gasteiger partial charge in [0.15, 0.2) is 5.82 Å². The van der Waals surface area contributed by atoms with Gasteiger partial charge in [0.1, 0.15) is 0 Å². The zero-order chi connectivity index (χ0) is 18.2. The molecular formula is C21H23N5O. The van der Waals surface area contributed by atoms with Crippen LogP contribution in [0.25, 0.3) is 10.9 Å². The average molecular weight is 361 g/mol. The highest BCUT2D eigenvalue weighted by Gasteiger charge is 2.29. The molecule has 1 aliphatic carbocycles. The molecule has 1 fully saturated rings. The first-order valence-electron chi connectivity index (χ1n) is 9.68. The van der Waals surface area contributed by atoms with E-state index in [1.807, 2.05) is 24.4 Å². The molecule has 2 aromatic heterocycles. The number of rotatable bonds is 5. The number of carbonyl (C=O) groups is 1. The Kier molecular flexibility index (Phi) is 4.03. The van der Waals surface area contributed by atoms with Crippen LogP contribution in [0.5, 0.6) is 0 Å². The molecule has 1 saturated heterocycles. The fraction of sp³-hybridized carbons (Fsp3) is 0.381. The maximum atomic E-state index is 12.3. The summed E-state index contributed by atoms with van der Waals surface area (Å²) in [5, 5.41) is 12.9. The van der Waals surface area contributed by atoms with Gasteiger partial charge in [-0.2, -0.15) is 5.10 Å². The number of benzene rings is 1. The molecule has 0 radical (unpaired) electrons. The van der Waals surface area contributed by atoms with Crippen molar-refractivity contribution in [3.8, 4) is 0 Å². The van der Waals surface area contributed by atoms with Crippen LogP contribution < -0.4 is 10.2 Å². The van der Waals surface area contributed by atoms with Crippen molar-refractivity contribution in [3.63, 3.8) is 0 Å². The van der Waals surface area contributed by atoms with Crippen molar-refractivity contribution in [2.24, 2.45) is 5.92 Å². The smallest absolute Gasteiger partial charge is 0.224 e. The number of para-hydroxylation sites is 1. The normalized spacial score (nSPS) is 16.4. The minimum atomic E-state index is 0.0792. The zero-order valence-electron chi connectivity index (χ0n) is 15.2. The Labute approximate surface area is 158 Å². The van der Waals surface area contributed by atoms with Crippen LogP contribution in [0.3, 0.4) is 0 Å². The molecule has 1 aromatic carbocycles. The number of aryl methyl sites for hydroxylation is 2. The van der Waals surface area contributed by atoms with Gasteiger partial charge in [-0.25, -0.2) is 0 Å². The highest BCUT2D eigenvalue weighted by atomic mass is 16.1. The molecule has 0 spiro atoms. The number of carbonyl (C=O) groups excluding carboxylic acids is 1. The van der Waals surface area contributed by atoms with Gasteiger partial charge in [0.25, 0.3) is 0 Å². The molecule has 0 atom stereocenters. The lowest BCUT2D eigenvalue weighted by Gasteiger charge is -2.40. The molecule has 0 bridgehead atoms. The maximum absolute atomic E-state index is 12.3. The lowest BCUT2D eigenvalue weighted by Crippen LogP contribution is -2.52. The predicted octanol–water partition coefficient (Wildman–Crippen LogP) is 2.24. The molecule has 27 heavy (non-hydrogen) atoms. The number of nitrogens with zero attached hydrogens (tertiary/aromatic N) is 3. The fourth-order valence-corrected chi connectivity index (χ4v) is 4.13. The molecule has 6 nitrogen and oxygen atoms in total. The van der Waals surface area contributed by atoms with Gasteiger partial charge in [0, 0.05) is 42.7 Å². The quantitative estimate of drug-likeness (QED) is 0.731. The van der Waals surface area contributed by atoms with E-state index in [1.165, 1.54) is 17.7 Å². The van der Waals surface area contributed by atoms with Crippen molar-refractivity contribution in [2.45, 2.75) is 25.7 Å². The Balaban J connectivity index is 1.12. The summed E-state index contributed by atoms with van der Waals surface area (Å²) in [4.78, 5) is 17.8. The molecule has 138 valence electrons. The molecule has 3 aromatic rings. The highest BCUT2D eigenvalue weighted by molar-refractivity contribution is 5.88. The van der Waals surface area contributed by atoms with E-state index in [9.17, 15) is 4.79 Å². The molecule has 1 aliphatic heterocycles. The number of H-pyrrole nitrogens is 1. The Bertz CT molecular complexity index is 989. The van der Waals surface area contributed by atoms with Crippen molar-refractivity contribution in [1.29, 1.82) is 0 Å². The van der Waals surface area contributed by atoms with Crippen molar-refractivity contribution >= 4 is 22.6 Å². The summed E-state index contributed by atoms with van der Waals surface area (Å²) in [6, 6.07) is 10.3. The van der Waals surface area contributed by atoms with Gasteiger partial charge >= 0.3 is 0 Å². The monoisotopic (exact) mass is 361 g/mol. The molecule has 5 rings (SSSR count). The number of amides is 1. The molecule has 2 aliphatic rings. The van der Waals surface area contributed by atoms with E-state index in [2.05, 4.69) is 37.5 Å². The summed E-state index contributed by atoms with van der Waals surface area (Å²) in [5.41, 5.74) is 4.65. The first-order chi connectivity index (χ1) is 13.3. The number of fused-ring (bicyclic) bond motifs is 2. The first kappa shape index (κ1) is 16.3.